The summed E-state index contributed by atoms with van der Waals surface area (Å²) in [5, 5.41) is 10.9. The standard InChI is InChI=1S/C43H54F2N8O7/c1-23-21-43-34(36(43)54)24(2)35(41(59)52-16-8-10-33(52)40(58)51-15-7-6-9-32(51)38(56)46-25(3)39(57)53(43)22-23)49-37(55)31(19-26-17-27(44)20-28(45)18-26)48-42(60)47-29-11-13-30(14-12-29)50(4)5/h11-14,17-18,20,23-25,31-35H,6-10,15-16,19,21-22H2,1-5H3,(H,46,56)(H,49,55)(H2,47,48,60)/t23-,24-,25+,31+,32+,33+,34?,35+,43+/m1/s1. The highest BCUT2D eigenvalue weighted by molar-refractivity contribution is 6.12. The maximum absolute atomic E-state index is 15.0. The second-order valence-corrected chi connectivity index (χ2v) is 17.4. The van der Waals surface area contributed by atoms with Crippen molar-refractivity contribution >= 4 is 52.7 Å². The quantitative estimate of drug-likeness (QED) is 0.329. The number of urea groups is 1. The number of hydrogen-bond donors (Lipinski definition) is 4. The molecule has 60 heavy (non-hydrogen) atoms. The molecule has 4 heterocycles. The third kappa shape index (κ3) is 8.14. The number of carbonyl (C=O) groups excluding carboxylic acids is 7. The van der Waals surface area contributed by atoms with E-state index in [4.69, 9.17) is 0 Å². The lowest BCUT2D eigenvalue weighted by Crippen LogP contribution is -2.61. The molecule has 4 N–H and O–H groups in total. The molecular formula is C43H54F2N8O7. The van der Waals surface area contributed by atoms with E-state index in [1.165, 1.54) is 14.7 Å². The molecule has 0 aromatic heterocycles. The first-order chi connectivity index (χ1) is 28.5. The lowest BCUT2D eigenvalue weighted by Gasteiger charge is -2.39. The molecule has 2 aromatic carbocycles. The van der Waals surface area contributed by atoms with Gasteiger partial charge in [-0.25, -0.2) is 13.6 Å². The number of ketones is 1. The van der Waals surface area contributed by atoms with Crippen LogP contribution in [0, 0.1) is 29.4 Å². The lowest BCUT2D eigenvalue weighted by atomic mass is 9.90. The number of Topliss-reactive ketones (excluding diaryl/α,β-unsaturated/α-hetero) is 1. The fourth-order valence-electron chi connectivity index (χ4n) is 9.97. The molecule has 1 saturated carbocycles. The van der Waals surface area contributed by atoms with Gasteiger partial charge in [0, 0.05) is 57.6 Å². The van der Waals surface area contributed by atoms with Gasteiger partial charge in [-0.2, -0.15) is 0 Å². The Morgan fingerprint density at radius 3 is 2.20 bits per heavy atom. The topological polar surface area (TPSA) is 181 Å². The van der Waals surface area contributed by atoms with E-state index in [2.05, 4.69) is 21.3 Å². The van der Waals surface area contributed by atoms with Gasteiger partial charge in [-0.3, -0.25) is 28.8 Å². The molecule has 2 aromatic rings. The van der Waals surface area contributed by atoms with Crippen LogP contribution in [0.2, 0.25) is 0 Å². The van der Waals surface area contributed by atoms with Gasteiger partial charge in [0.15, 0.2) is 5.78 Å². The molecule has 15 nitrogen and oxygen atoms in total. The highest BCUT2D eigenvalue weighted by atomic mass is 19.1. The highest BCUT2D eigenvalue weighted by Gasteiger charge is 2.74. The number of amides is 7. The zero-order valence-electron chi connectivity index (χ0n) is 34.6. The zero-order chi connectivity index (χ0) is 43.2. The second-order valence-electron chi connectivity index (χ2n) is 17.4. The van der Waals surface area contributed by atoms with Crippen molar-refractivity contribution in [1.29, 1.82) is 0 Å². The Kier molecular flexibility index (Phi) is 11.9. The van der Waals surface area contributed by atoms with Crippen molar-refractivity contribution in [2.75, 3.05) is 43.9 Å². The minimum absolute atomic E-state index is 0.0497. The average Bonchev–Trinajstić information content (AvgIpc) is 3.49. The molecule has 1 aliphatic carbocycles. The number of benzene rings is 2. The molecule has 1 spiro atoms. The maximum atomic E-state index is 15.0. The summed E-state index contributed by atoms with van der Waals surface area (Å²) in [5.41, 5.74) is 0.0354. The molecule has 0 radical (unpaired) electrons. The smallest absolute Gasteiger partial charge is 0.319 e. The van der Waals surface area contributed by atoms with Gasteiger partial charge in [0.1, 0.15) is 47.4 Å². The van der Waals surface area contributed by atoms with Crippen LogP contribution in [0.5, 0.6) is 0 Å². The molecule has 9 atom stereocenters. The summed E-state index contributed by atoms with van der Waals surface area (Å²) in [5.74, 6) is -6.82. The van der Waals surface area contributed by atoms with Crippen LogP contribution < -0.4 is 26.2 Å². The molecule has 4 aliphatic heterocycles. The number of piperidine rings is 1. The summed E-state index contributed by atoms with van der Waals surface area (Å²) in [6.07, 6.45) is 2.42. The molecule has 7 rings (SSSR count). The molecule has 1 unspecified atom stereocenters. The highest BCUT2D eigenvalue weighted by Crippen LogP contribution is 2.57. The fraction of sp³-hybridized carbons (Fsp3) is 0.558. The van der Waals surface area contributed by atoms with Gasteiger partial charge >= 0.3 is 6.03 Å². The molecule has 7 amide bonds. The summed E-state index contributed by atoms with van der Waals surface area (Å²) in [6, 6.07) is 3.08. The summed E-state index contributed by atoms with van der Waals surface area (Å²) >= 11 is 0. The number of hydrogen-bond acceptors (Lipinski definition) is 8. The predicted octanol–water partition coefficient (Wildman–Crippen LogP) is 2.58. The van der Waals surface area contributed by atoms with Crippen LogP contribution in [0.15, 0.2) is 42.5 Å². The van der Waals surface area contributed by atoms with Crippen molar-refractivity contribution in [1.82, 2.24) is 30.7 Å². The maximum Gasteiger partial charge on any atom is 0.319 e. The number of carbonyl (C=O) groups is 7. The van der Waals surface area contributed by atoms with E-state index in [9.17, 15) is 42.3 Å². The van der Waals surface area contributed by atoms with Gasteiger partial charge in [0.25, 0.3) is 0 Å². The SMILES string of the molecule is C[C@H]1CN2C(=O)[C@H](C)NC(=O)[C@@H]3CCCCN3C(=O)[C@@H]3CCCN3C(=O)[C@@H](NC(=O)[C@H](Cc3cc(F)cc(F)c3)NC(=O)Nc3ccc(N(C)C)cc3)[C@H](C)C3C(=O)[C@]32C1. The van der Waals surface area contributed by atoms with Gasteiger partial charge in [-0.05, 0) is 99.2 Å². The van der Waals surface area contributed by atoms with E-state index in [0.29, 0.717) is 50.3 Å². The molecule has 0 bridgehead atoms. The van der Waals surface area contributed by atoms with Crippen LogP contribution in [-0.4, -0.2) is 126 Å². The Hall–Kier alpha value is -5.61. The van der Waals surface area contributed by atoms with Crippen molar-refractivity contribution in [3.05, 3.63) is 59.7 Å². The summed E-state index contributed by atoms with van der Waals surface area (Å²) in [7, 11) is 3.72. The fourth-order valence-corrected chi connectivity index (χ4v) is 9.97. The first-order valence-corrected chi connectivity index (χ1v) is 20.9. The van der Waals surface area contributed by atoms with Crippen molar-refractivity contribution in [2.24, 2.45) is 17.8 Å². The van der Waals surface area contributed by atoms with Gasteiger partial charge < -0.3 is 40.9 Å². The Labute approximate surface area is 347 Å². The van der Waals surface area contributed by atoms with Crippen molar-refractivity contribution in [3.63, 3.8) is 0 Å². The number of nitrogens with one attached hydrogen (secondary N) is 4. The molecule has 4 saturated heterocycles. The number of rotatable bonds is 7. The van der Waals surface area contributed by atoms with Crippen molar-refractivity contribution in [2.45, 2.75) is 101 Å². The van der Waals surface area contributed by atoms with Crippen LogP contribution in [0.25, 0.3) is 0 Å². The molecular weight excluding hydrogens is 779 g/mol. The normalized spacial score (nSPS) is 29.9. The lowest BCUT2D eigenvalue weighted by molar-refractivity contribution is -0.151. The first-order valence-electron chi connectivity index (χ1n) is 20.9. The summed E-state index contributed by atoms with van der Waals surface area (Å²) in [6.45, 7) is 5.82. The third-order valence-corrected chi connectivity index (χ3v) is 12.9. The van der Waals surface area contributed by atoms with E-state index in [1.807, 2.05) is 25.9 Å². The zero-order valence-corrected chi connectivity index (χ0v) is 34.6. The van der Waals surface area contributed by atoms with Gasteiger partial charge in [0.2, 0.25) is 29.5 Å². The third-order valence-electron chi connectivity index (χ3n) is 12.9. The first kappa shape index (κ1) is 42.5. The van der Waals surface area contributed by atoms with E-state index in [-0.39, 0.29) is 43.3 Å². The summed E-state index contributed by atoms with van der Waals surface area (Å²) < 4.78 is 28.9. The number of anilines is 2. The summed E-state index contributed by atoms with van der Waals surface area (Å²) in [4.78, 5) is 106. The van der Waals surface area contributed by atoms with Crippen LogP contribution >= 0.6 is 0 Å². The van der Waals surface area contributed by atoms with E-state index in [0.717, 1.165) is 17.8 Å². The number of halogens is 2. The number of fused-ring (bicyclic) bond motifs is 2. The second kappa shape index (κ2) is 16.8. The largest absolute Gasteiger partial charge is 0.378 e. The Morgan fingerprint density at radius 1 is 0.867 bits per heavy atom. The van der Waals surface area contributed by atoms with E-state index < -0.39 is 94.8 Å². The van der Waals surface area contributed by atoms with Gasteiger partial charge in [-0.15, -0.1) is 0 Å². The Bertz CT molecular complexity index is 2050. The molecule has 322 valence electrons. The molecule has 17 heteroatoms. The monoisotopic (exact) mass is 832 g/mol. The van der Waals surface area contributed by atoms with E-state index in [1.54, 1.807) is 38.1 Å². The van der Waals surface area contributed by atoms with Crippen LogP contribution in [0.1, 0.15) is 64.9 Å². The Balaban J connectivity index is 1.24. The molecule has 5 fully saturated rings. The average molecular weight is 833 g/mol. The van der Waals surface area contributed by atoms with Gasteiger partial charge in [-0.1, -0.05) is 13.8 Å². The molecule has 5 aliphatic rings. The van der Waals surface area contributed by atoms with Crippen LogP contribution in [0.4, 0.5) is 25.0 Å². The Morgan fingerprint density at radius 2 is 1.52 bits per heavy atom. The minimum atomic E-state index is -1.49. The predicted molar refractivity (Wildman–Crippen MR) is 216 cm³/mol. The van der Waals surface area contributed by atoms with Crippen LogP contribution in [0.3, 0.4) is 0 Å². The number of nitrogens with zero attached hydrogens (tertiary/aromatic N) is 4. The minimum Gasteiger partial charge on any atom is -0.378 e. The van der Waals surface area contributed by atoms with Crippen molar-refractivity contribution in [3.8, 4) is 0 Å². The van der Waals surface area contributed by atoms with Crippen LogP contribution in [-0.2, 0) is 35.2 Å². The van der Waals surface area contributed by atoms with E-state index >= 15 is 0 Å². The van der Waals surface area contributed by atoms with Gasteiger partial charge in [0.05, 0.1) is 5.92 Å². The van der Waals surface area contributed by atoms with Crippen molar-refractivity contribution < 1.29 is 42.3 Å².